The van der Waals surface area contributed by atoms with E-state index in [9.17, 15) is 9.90 Å². The number of hydrogen-bond acceptors (Lipinski definition) is 3. The first-order chi connectivity index (χ1) is 8.13. The van der Waals surface area contributed by atoms with Crippen molar-refractivity contribution < 1.29 is 9.90 Å². The second-order valence-corrected chi connectivity index (χ2v) is 5.61. The van der Waals surface area contributed by atoms with E-state index in [1.54, 1.807) is 0 Å². The average Bonchev–Trinajstić information content (AvgIpc) is 2.32. The molecule has 3 nitrogen and oxygen atoms in total. The zero-order valence-corrected chi connectivity index (χ0v) is 12.2. The van der Waals surface area contributed by atoms with Crippen molar-refractivity contribution in [2.75, 3.05) is 18.1 Å². The number of carbonyl (C=O) groups is 1. The maximum absolute atomic E-state index is 11.4. The second kappa shape index (κ2) is 9.77. The molecule has 0 rings (SSSR count). The molecule has 0 aromatic carbocycles. The van der Waals surface area contributed by atoms with Crippen molar-refractivity contribution in [3.8, 4) is 0 Å². The highest BCUT2D eigenvalue weighted by molar-refractivity contribution is 7.99. The maximum Gasteiger partial charge on any atom is 0.323 e. The molecule has 4 heteroatoms. The molecule has 0 aliphatic rings. The van der Waals surface area contributed by atoms with Crippen molar-refractivity contribution in [2.24, 2.45) is 0 Å². The third-order valence-electron chi connectivity index (χ3n) is 2.97. The van der Waals surface area contributed by atoms with Gasteiger partial charge in [0.05, 0.1) is 0 Å². The van der Waals surface area contributed by atoms with Crippen molar-refractivity contribution in [2.45, 2.75) is 58.4 Å². The fourth-order valence-corrected chi connectivity index (χ4v) is 2.65. The number of carboxylic acid groups (broad SMARTS) is 1. The molecule has 0 aliphatic carbocycles. The fourth-order valence-electron chi connectivity index (χ4n) is 1.81. The van der Waals surface area contributed by atoms with Gasteiger partial charge in [0.2, 0.25) is 0 Å². The summed E-state index contributed by atoms with van der Waals surface area (Å²) in [4.78, 5) is 11.4. The number of hydrogen-bond donors (Lipinski definition) is 2. The van der Waals surface area contributed by atoms with Crippen LogP contribution in [0, 0.1) is 0 Å². The minimum atomic E-state index is -0.706. The Morgan fingerprint density at radius 2 is 1.94 bits per heavy atom. The largest absolute Gasteiger partial charge is 0.480 e. The molecule has 0 aromatic heterocycles. The number of aliphatic carboxylic acids is 1. The van der Waals surface area contributed by atoms with Crippen molar-refractivity contribution in [3.63, 3.8) is 0 Å². The lowest BCUT2D eigenvalue weighted by Crippen LogP contribution is -2.52. The van der Waals surface area contributed by atoms with Gasteiger partial charge >= 0.3 is 5.97 Å². The van der Waals surface area contributed by atoms with Crippen LogP contribution in [-0.2, 0) is 4.79 Å². The van der Waals surface area contributed by atoms with Crippen molar-refractivity contribution in [1.82, 2.24) is 5.32 Å². The number of thioether (sulfide) groups is 1. The van der Waals surface area contributed by atoms with Gasteiger partial charge in [-0.25, -0.2) is 0 Å². The first-order valence-electron chi connectivity index (χ1n) is 6.69. The minimum absolute atomic E-state index is 0.654. The van der Waals surface area contributed by atoms with Crippen LogP contribution in [0.1, 0.15) is 52.9 Å². The Morgan fingerprint density at radius 1 is 1.24 bits per heavy atom. The molecule has 0 radical (unpaired) electrons. The number of carboxylic acids is 1. The van der Waals surface area contributed by atoms with Gasteiger partial charge in [-0.1, -0.05) is 20.8 Å². The molecule has 0 spiro atoms. The van der Waals surface area contributed by atoms with Crippen molar-refractivity contribution in [1.29, 1.82) is 0 Å². The summed E-state index contributed by atoms with van der Waals surface area (Å²) in [5.41, 5.74) is -0.706. The molecule has 0 aromatic rings. The summed E-state index contributed by atoms with van der Waals surface area (Å²) in [7, 11) is 0. The Balaban J connectivity index is 4.13. The van der Waals surface area contributed by atoms with E-state index in [1.165, 1.54) is 12.2 Å². The summed E-state index contributed by atoms with van der Waals surface area (Å²) in [6.07, 6.45) is 4.52. The van der Waals surface area contributed by atoms with E-state index in [1.807, 2.05) is 18.7 Å². The van der Waals surface area contributed by atoms with Gasteiger partial charge in [-0.15, -0.1) is 0 Å². The van der Waals surface area contributed by atoms with Crippen LogP contribution >= 0.6 is 11.8 Å². The Bertz CT molecular complexity index is 212. The lowest BCUT2D eigenvalue weighted by Gasteiger charge is -2.29. The molecule has 0 aliphatic heterocycles. The predicted octanol–water partition coefficient (Wildman–Crippen LogP) is 3.14. The molecule has 1 unspecified atom stereocenters. The van der Waals surface area contributed by atoms with Gasteiger partial charge in [-0.2, -0.15) is 11.8 Å². The van der Waals surface area contributed by atoms with Crippen LogP contribution in [0.3, 0.4) is 0 Å². The van der Waals surface area contributed by atoms with Gasteiger partial charge in [-0.05, 0) is 50.2 Å². The molecular formula is C13H27NO2S. The molecule has 0 amide bonds. The minimum Gasteiger partial charge on any atom is -0.480 e. The highest BCUT2D eigenvalue weighted by Gasteiger charge is 2.34. The molecule has 102 valence electrons. The van der Waals surface area contributed by atoms with Gasteiger partial charge in [0.15, 0.2) is 0 Å². The molecule has 1 atom stereocenters. The summed E-state index contributed by atoms with van der Waals surface area (Å²) in [6, 6.07) is 0. The molecule has 0 heterocycles. The van der Waals surface area contributed by atoms with Crippen LogP contribution in [-0.4, -0.2) is 34.7 Å². The maximum atomic E-state index is 11.4. The lowest BCUT2D eigenvalue weighted by atomic mass is 9.90. The number of rotatable bonds is 11. The Morgan fingerprint density at radius 3 is 2.41 bits per heavy atom. The third-order valence-corrected chi connectivity index (χ3v) is 4.24. The normalized spacial score (nSPS) is 14.5. The van der Waals surface area contributed by atoms with Crippen molar-refractivity contribution >= 4 is 17.7 Å². The van der Waals surface area contributed by atoms with E-state index in [4.69, 9.17) is 0 Å². The molecule has 0 saturated heterocycles. The highest BCUT2D eigenvalue weighted by Crippen LogP contribution is 2.20. The van der Waals surface area contributed by atoms with E-state index in [2.05, 4.69) is 19.2 Å². The third kappa shape index (κ3) is 6.32. The van der Waals surface area contributed by atoms with Crippen LogP contribution in [0.2, 0.25) is 0 Å². The van der Waals surface area contributed by atoms with Crippen LogP contribution in [0.25, 0.3) is 0 Å². The predicted molar refractivity (Wildman–Crippen MR) is 75.8 cm³/mol. The standard InChI is InChI=1S/C13H27NO2S/c1-4-9-14-13(6-3,12(15)16)8-7-11-17-10-5-2/h14H,4-11H2,1-3H3,(H,15,16). The SMILES string of the molecule is CCCNC(CC)(CCCSCCC)C(=O)O. The molecule has 17 heavy (non-hydrogen) atoms. The summed E-state index contributed by atoms with van der Waals surface area (Å²) < 4.78 is 0. The summed E-state index contributed by atoms with van der Waals surface area (Å²) in [5.74, 6) is 1.54. The zero-order chi connectivity index (χ0) is 13.1. The van der Waals surface area contributed by atoms with Gasteiger partial charge in [0, 0.05) is 0 Å². The fraction of sp³-hybridized carbons (Fsp3) is 0.923. The zero-order valence-electron chi connectivity index (χ0n) is 11.4. The van der Waals surface area contributed by atoms with E-state index < -0.39 is 11.5 Å². The first kappa shape index (κ1) is 16.8. The smallest absolute Gasteiger partial charge is 0.323 e. The summed E-state index contributed by atoms with van der Waals surface area (Å²) in [5, 5.41) is 12.6. The molecule has 0 fully saturated rings. The van der Waals surface area contributed by atoms with Gasteiger partial charge in [0.1, 0.15) is 5.54 Å². The Hall–Kier alpha value is -0.220. The quantitative estimate of drug-likeness (QED) is 0.561. The monoisotopic (exact) mass is 261 g/mol. The topological polar surface area (TPSA) is 49.3 Å². The highest BCUT2D eigenvalue weighted by atomic mass is 32.2. The van der Waals surface area contributed by atoms with Crippen LogP contribution in [0.5, 0.6) is 0 Å². The average molecular weight is 261 g/mol. The number of nitrogens with one attached hydrogen (secondary N) is 1. The van der Waals surface area contributed by atoms with Crippen LogP contribution in [0.4, 0.5) is 0 Å². The summed E-state index contributed by atoms with van der Waals surface area (Å²) in [6.45, 7) is 6.97. The Kier molecular flexibility index (Phi) is 9.65. The van der Waals surface area contributed by atoms with Gasteiger partial charge in [0.25, 0.3) is 0 Å². The van der Waals surface area contributed by atoms with Gasteiger partial charge in [-0.3, -0.25) is 4.79 Å². The second-order valence-electron chi connectivity index (χ2n) is 4.38. The van der Waals surface area contributed by atoms with E-state index in [0.717, 1.165) is 31.6 Å². The lowest BCUT2D eigenvalue weighted by molar-refractivity contribution is -0.145. The van der Waals surface area contributed by atoms with E-state index in [-0.39, 0.29) is 0 Å². The van der Waals surface area contributed by atoms with E-state index in [0.29, 0.717) is 6.42 Å². The molecule has 2 N–H and O–H groups in total. The summed E-state index contributed by atoms with van der Waals surface area (Å²) >= 11 is 1.92. The molecule has 0 bridgehead atoms. The van der Waals surface area contributed by atoms with Gasteiger partial charge < -0.3 is 10.4 Å². The van der Waals surface area contributed by atoms with E-state index >= 15 is 0 Å². The molecule has 0 saturated carbocycles. The Labute approximate surface area is 110 Å². The van der Waals surface area contributed by atoms with Crippen molar-refractivity contribution in [3.05, 3.63) is 0 Å². The molecular weight excluding hydrogens is 234 g/mol. The van der Waals surface area contributed by atoms with Crippen LogP contribution < -0.4 is 5.32 Å². The first-order valence-corrected chi connectivity index (χ1v) is 7.84. The van der Waals surface area contributed by atoms with Crippen LogP contribution in [0.15, 0.2) is 0 Å².